The molecule has 7 nitrogen and oxygen atoms in total. The number of carbonyl (C=O) groups excluding carboxylic acids is 1. The zero-order valence-corrected chi connectivity index (χ0v) is 19.9. The van der Waals surface area contributed by atoms with E-state index in [1.165, 1.54) is 0 Å². The Hall–Kier alpha value is -3.55. The number of rotatable bonds is 10. The minimum atomic E-state index is -1.04. The Labute approximate surface area is 206 Å². The number of benzene rings is 3. The molecule has 1 fully saturated rings. The van der Waals surface area contributed by atoms with Crippen LogP contribution in [0.5, 0.6) is 17.2 Å². The smallest absolute Gasteiger partial charge is 0.255 e. The number of para-hydroxylation sites is 1. The number of carbonyl (C=O) groups is 1. The van der Waals surface area contributed by atoms with Crippen molar-refractivity contribution in [2.45, 2.75) is 38.2 Å². The molecule has 0 spiro atoms. The Morgan fingerprint density at radius 2 is 1.74 bits per heavy atom. The van der Waals surface area contributed by atoms with Crippen LogP contribution < -0.4 is 19.9 Å². The van der Waals surface area contributed by atoms with Crippen molar-refractivity contribution in [3.05, 3.63) is 90.0 Å². The molecule has 1 heterocycles. The molecule has 1 aliphatic heterocycles. The molecule has 7 heteroatoms. The summed E-state index contributed by atoms with van der Waals surface area (Å²) in [5, 5.41) is 11.2. The fourth-order valence-corrected chi connectivity index (χ4v) is 4.27. The molecule has 0 unspecified atom stereocenters. The van der Waals surface area contributed by atoms with Gasteiger partial charge in [0, 0.05) is 25.2 Å². The first-order chi connectivity index (χ1) is 16.9. The summed E-state index contributed by atoms with van der Waals surface area (Å²) >= 11 is 0. The molecule has 0 bridgehead atoms. The largest absolute Gasteiger partial charge is 0.489 e. The van der Waals surface area contributed by atoms with E-state index in [-0.39, 0.29) is 12.7 Å². The quantitative estimate of drug-likeness (QED) is 0.465. The maximum atomic E-state index is 11.3. The summed E-state index contributed by atoms with van der Waals surface area (Å²) in [6.45, 7) is 3.72. The van der Waals surface area contributed by atoms with E-state index in [2.05, 4.69) is 4.90 Å². The Kier molecular flexibility index (Phi) is 7.90. The summed E-state index contributed by atoms with van der Waals surface area (Å²) in [6.07, 6.45) is 0.357. The first-order valence-electron chi connectivity index (χ1n) is 11.8. The molecule has 1 amide bonds. The standard InChI is InChI=1S/C28H32N2O5/c1-28(32)20-30(15-14-26(28)35-23-10-6-3-7-11-23)17-22-16-24(12-13-25(22)34-19-27(29)31)33-18-21-8-4-2-5-9-21/h2-13,16,26,32H,14-15,17-20H2,1H3,(H2,29,31)/t26-,28-/m0/s1. The average Bonchev–Trinajstić information content (AvgIpc) is 2.85. The highest BCUT2D eigenvalue weighted by Gasteiger charge is 2.39. The van der Waals surface area contributed by atoms with E-state index in [0.717, 1.165) is 23.4 Å². The van der Waals surface area contributed by atoms with E-state index in [9.17, 15) is 9.90 Å². The first kappa shape index (κ1) is 24.6. The number of β-amino-alcohol motifs (C(OH)–C–C–N with tert-alkyl or cyclic N) is 1. The van der Waals surface area contributed by atoms with Crippen molar-refractivity contribution in [2.24, 2.45) is 5.73 Å². The van der Waals surface area contributed by atoms with Crippen molar-refractivity contribution < 1.29 is 24.1 Å². The van der Waals surface area contributed by atoms with Gasteiger partial charge in [-0.1, -0.05) is 48.5 Å². The number of nitrogens with two attached hydrogens (primary N) is 1. The van der Waals surface area contributed by atoms with Crippen molar-refractivity contribution in [1.82, 2.24) is 4.90 Å². The lowest BCUT2D eigenvalue weighted by atomic mass is 9.91. The average molecular weight is 477 g/mol. The van der Waals surface area contributed by atoms with Crippen LogP contribution in [-0.4, -0.2) is 47.3 Å². The zero-order chi connectivity index (χ0) is 24.7. The number of likely N-dealkylation sites (tertiary alicyclic amines) is 1. The highest BCUT2D eigenvalue weighted by atomic mass is 16.5. The molecular weight excluding hydrogens is 444 g/mol. The van der Waals surface area contributed by atoms with Gasteiger partial charge in [0.1, 0.15) is 35.6 Å². The summed E-state index contributed by atoms with van der Waals surface area (Å²) in [4.78, 5) is 13.4. The summed E-state index contributed by atoms with van der Waals surface area (Å²) < 4.78 is 17.7. The third-order valence-corrected chi connectivity index (χ3v) is 6.01. The first-order valence-corrected chi connectivity index (χ1v) is 11.8. The van der Waals surface area contributed by atoms with Crippen molar-refractivity contribution in [3.8, 4) is 17.2 Å². The molecule has 184 valence electrons. The highest BCUT2D eigenvalue weighted by Crippen LogP contribution is 2.31. The highest BCUT2D eigenvalue weighted by molar-refractivity contribution is 5.75. The molecule has 2 atom stereocenters. The van der Waals surface area contributed by atoms with Crippen LogP contribution in [0.4, 0.5) is 0 Å². The molecule has 4 rings (SSSR count). The molecule has 0 radical (unpaired) electrons. The topological polar surface area (TPSA) is 94.3 Å². The number of amides is 1. The van der Waals surface area contributed by atoms with E-state index >= 15 is 0 Å². The number of ether oxygens (including phenoxy) is 3. The Balaban J connectivity index is 1.45. The van der Waals surface area contributed by atoms with Crippen molar-refractivity contribution in [3.63, 3.8) is 0 Å². The van der Waals surface area contributed by atoms with Gasteiger partial charge < -0.3 is 25.1 Å². The molecule has 1 aliphatic rings. The third-order valence-electron chi connectivity index (χ3n) is 6.01. The normalized spacial score (nSPS) is 20.2. The SMILES string of the molecule is C[C@]1(O)CN(Cc2cc(OCc3ccccc3)ccc2OCC(N)=O)CC[C@@H]1Oc1ccccc1. The van der Waals surface area contributed by atoms with Gasteiger partial charge in [-0.25, -0.2) is 0 Å². The lowest BCUT2D eigenvalue weighted by Gasteiger charge is -2.42. The fourth-order valence-electron chi connectivity index (χ4n) is 4.27. The minimum absolute atomic E-state index is 0.206. The lowest BCUT2D eigenvalue weighted by Crippen LogP contribution is -2.56. The van der Waals surface area contributed by atoms with Gasteiger partial charge in [-0.3, -0.25) is 9.69 Å². The van der Waals surface area contributed by atoms with Crippen molar-refractivity contribution >= 4 is 5.91 Å². The maximum absolute atomic E-state index is 11.3. The lowest BCUT2D eigenvalue weighted by molar-refractivity contribution is -0.119. The van der Waals surface area contributed by atoms with Gasteiger partial charge in [0.15, 0.2) is 6.61 Å². The molecule has 35 heavy (non-hydrogen) atoms. The number of hydrogen-bond acceptors (Lipinski definition) is 6. The summed E-state index contributed by atoms with van der Waals surface area (Å²) in [7, 11) is 0. The number of hydrogen-bond donors (Lipinski definition) is 2. The van der Waals surface area contributed by atoms with E-state index in [0.29, 0.717) is 37.6 Å². The van der Waals surface area contributed by atoms with Gasteiger partial charge >= 0.3 is 0 Å². The second-order valence-electron chi connectivity index (χ2n) is 9.07. The summed E-state index contributed by atoms with van der Waals surface area (Å²) in [5.41, 5.74) is 6.17. The van der Waals surface area contributed by atoms with Crippen LogP contribution in [0.3, 0.4) is 0 Å². The Morgan fingerprint density at radius 3 is 2.43 bits per heavy atom. The zero-order valence-electron chi connectivity index (χ0n) is 19.9. The van der Waals surface area contributed by atoms with E-state index in [4.69, 9.17) is 19.9 Å². The molecule has 0 aromatic heterocycles. The van der Waals surface area contributed by atoms with Crippen LogP contribution in [0.25, 0.3) is 0 Å². The van der Waals surface area contributed by atoms with Crippen molar-refractivity contribution in [1.29, 1.82) is 0 Å². The number of piperidine rings is 1. The van der Waals surface area contributed by atoms with Crippen LogP contribution in [0.1, 0.15) is 24.5 Å². The number of aliphatic hydroxyl groups is 1. The van der Waals surface area contributed by atoms with E-state index in [1.807, 2.05) is 72.8 Å². The van der Waals surface area contributed by atoms with Crippen LogP contribution in [-0.2, 0) is 17.9 Å². The van der Waals surface area contributed by atoms with Crippen LogP contribution in [0, 0.1) is 0 Å². The Morgan fingerprint density at radius 1 is 1.03 bits per heavy atom. The minimum Gasteiger partial charge on any atom is -0.489 e. The van der Waals surface area contributed by atoms with Gasteiger partial charge in [-0.15, -0.1) is 0 Å². The van der Waals surface area contributed by atoms with Gasteiger partial charge in [0.25, 0.3) is 5.91 Å². The van der Waals surface area contributed by atoms with E-state index < -0.39 is 11.5 Å². The molecule has 0 saturated carbocycles. The van der Waals surface area contributed by atoms with Gasteiger partial charge in [-0.2, -0.15) is 0 Å². The van der Waals surface area contributed by atoms with E-state index in [1.54, 1.807) is 13.0 Å². The molecular formula is C28H32N2O5. The molecule has 0 aliphatic carbocycles. The van der Waals surface area contributed by atoms with Gasteiger partial charge in [0.05, 0.1) is 0 Å². The van der Waals surface area contributed by atoms with Crippen LogP contribution >= 0.6 is 0 Å². The van der Waals surface area contributed by atoms with Crippen LogP contribution in [0.15, 0.2) is 78.9 Å². The summed E-state index contributed by atoms with van der Waals surface area (Å²) in [6, 6.07) is 25.0. The third kappa shape index (κ3) is 6.97. The molecule has 1 saturated heterocycles. The number of nitrogens with zero attached hydrogens (tertiary/aromatic N) is 1. The second kappa shape index (κ2) is 11.3. The monoisotopic (exact) mass is 476 g/mol. The fraction of sp³-hybridized carbons (Fsp3) is 0.321. The predicted octanol–water partition coefficient (Wildman–Crippen LogP) is 3.53. The summed E-state index contributed by atoms with van der Waals surface area (Å²) in [5.74, 6) is 1.47. The Bertz CT molecular complexity index is 1100. The maximum Gasteiger partial charge on any atom is 0.255 e. The van der Waals surface area contributed by atoms with Crippen molar-refractivity contribution in [2.75, 3.05) is 19.7 Å². The van der Waals surface area contributed by atoms with Crippen LogP contribution in [0.2, 0.25) is 0 Å². The molecule has 3 aromatic carbocycles. The van der Waals surface area contributed by atoms with Gasteiger partial charge in [-0.05, 0) is 49.2 Å². The number of primary amides is 1. The molecule has 3 N–H and O–H groups in total. The van der Waals surface area contributed by atoms with Gasteiger partial charge in [0.2, 0.25) is 0 Å². The second-order valence-corrected chi connectivity index (χ2v) is 9.07. The predicted molar refractivity (Wildman–Crippen MR) is 133 cm³/mol. The molecule has 3 aromatic rings.